The lowest BCUT2D eigenvalue weighted by Gasteiger charge is -2.01. The van der Waals surface area contributed by atoms with E-state index in [0.29, 0.717) is 0 Å². The summed E-state index contributed by atoms with van der Waals surface area (Å²) in [5, 5.41) is 0. The van der Waals surface area contributed by atoms with E-state index in [1.54, 1.807) is 0 Å². The van der Waals surface area contributed by atoms with Crippen LogP contribution < -0.4 is 5.73 Å². The highest BCUT2D eigenvalue weighted by Gasteiger charge is 1.94. The predicted octanol–water partition coefficient (Wildman–Crippen LogP) is 3.05. The lowest BCUT2D eigenvalue weighted by atomic mass is 10.1. The molecule has 0 saturated carbocycles. The molecule has 0 aliphatic rings. The van der Waals surface area contributed by atoms with Crippen LogP contribution in [0, 0.1) is 0 Å². The number of hydrogen-bond acceptors (Lipinski definition) is 1. The molecule has 0 radical (unpaired) electrons. The van der Waals surface area contributed by atoms with Crippen molar-refractivity contribution in [1.29, 1.82) is 0 Å². The smallest absolute Gasteiger partial charge is 0.0320 e. The normalized spacial score (nSPS) is 9.14. The van der Waals surface area contributed by atoms with Crippen LogP contribution in [-0.2, 0) is 0 Å². The first-order valence-corrected chi connectivity index (χ1v) is 4.27. The van der Waals surface area contributed by atoms with Gasteiger partial charge in [-0.05, 0) is 23.3 Å². The average Bonchev–Trinajstić information content (AvgIpc) is 2.19. The Bertz CT molecular complexity index is 398. The summed E-state index contributed by atoms with van der Waals surface area (Å²) in [5.41, 5.74) is 8.87. The van der Waals surface area contributed by atoms with Crippen molar-refractivity contribution in [1.82, 2.24) is 0 Å². The van der Waals surface area contributed by atoms with Gasteiger partial charge in [-0.25, -0.2) is 0 Å². The van der Waals surface area contributed by atoms with Gasteiger partial charge >= 0.3 is 0 Å². The maximum Gasteiger partial charge on any atom is 0.0320 e. The van der Waals surface area contributed by atoms with E-state index < -0.39 is 0 Å². The first-order chi connectivity index (χ1) is 6.36. The van der Waals surface area contributed by atoms with Crippen LogP contribution in [0.1, 0.15) is 0 Å². The van der Waals surface area contributed by atoms with E-state index in [1.165, 1.54) is 11.1 Å². The van der Waals surface area contributed by atoms with Crippen LogP contribution in [0.5, 0.6) is 0 Å². The molecule has 2 rings (SSSR count). The van der Waals surface area contributed by atoms with Crippen molar-refractivity contribution in [2.75, 3.05) is 5.73 Å². The van der Waals surface area contributed by atoms with Crippen LogP contribution in [0.4, 0.5) is 5.69 Å². The third-order valence-electron chi connectivity index (χ3n) is 1.99. The summed E-state index contributed by atoms with van der Waals surface area (Å²) in [7, 11) is 0. The minimum absolute atomic E-state index is 0. The summed E-state index contributed by atoms with van der Waals surface area (Å²) in [4.78, 5) is 0. The quantitative estimate of drug-likeness (QED) is 0.708. The van der Waals surface area contributed by atoms with Gasteiger partial charge in [-0.15, -0.1) is 0 Å². The molecule has 0 aliphatic carbocycles. The van der Waals surface area contributed by atoms with Crippen molar-refractivity contribution in [3.05, 3.63) is 54.6 Å². The number of nitrogens with two attached hydrogens (primary N) is 1. The second-order valence-corrected chi connectivity index (χ2v) is 2.99. The van der Waals surface area contributed by atoms with Crippen molar-refractivity contribution in [3.63, 3.8) is 0 Å². The van der Waals surface area contributed by atoms with E-state index in [9.17, 15) is 0 Å². The molecule has 2 heteroatoms. The van der Waals surface area contributed by atoms with E-state index >= 15 is 0 Å². The van der Waals surface area contributed by atoms with Gasteiger partial charge in [0.25, 0.3) is 0 Å². The van der Waals surface area contributed by atoms with Crippen LogP contribution in [0.2, 0.25) is 0 Å². The summed E-state index contributed by atoms with van der Waals surface area (Å²) >= 11 is 0. The summed E-state index contributed by atoms with van der Waals surface area (Å²) in [6.07, 6.45) is 0. The van der Waals surface area contributed by atoms with Crippen molar-refractivity contribution in [2.45, 2.75) is 0 Å². The monoisotopic (exact) mass is 203 g/mol. The Morgan fingerprint density at radius 3 is 2.00 bits per heavy atom. The van der Waals surface area contributed by atoms with Gasteiger partial charge in [0.1, 0.15) is 0 Å². The van der Waals surface area contributed by atoms with Gasteiger partial charge in [0.05, 0.1) is 0 Å². The summed E-state index contributed by atoms with van der Waals surface area (Å²) in [5.74, 6) is 0. The molecule has 0 heterocycles. The van der Waals surface area contributed by atoms with Crippen LogP contribution in [0.3, 0.4) is 0 Å². The van der Waals surface area contributed by atoms with Crippen molar-refractivity contribution in [2.24, 2.45) is 0 Å². The molecule has 0 unspecified atom stereocenters. The fraction of sp³-hybridized carbons (Fsp3) is 0. The summed E-state index contributed by atoms with van der Waals surface area (Å²) in [6.45, 7) is 0. The van der Waals surface area contributed by atoms with Crippen LogP contribution in [0.15, 0.2) is 54.6 Å². The van der Waals surface area contributed by atoms with Gasteiger partial charge in [-0.2, -0.15) is 13.5 Å². The van der Waals surface area contributed by atoms with E-state index in [-0.39, 0.29) is 13.5 Å². The molecule has 0 spiro atoms. The Morgan fingerprint density at radius 2 is 1.36 bits per heavy atom. The maximum absolute atomic E-state index is 5.70. The van der Waals surface area contributed by atoms with E-state index in [0.717, 1.165) is 5.69 Å². The van der Waals surface area contributed by atoms with Gasteiger partial charge in [0, 0.05) is 5.69 Å². The zero-order valence-corrected chi connectivity index (χ0v) is 8.77. The molecular formula is C12H13NS. The first kappa shape index (κ1) is 10.7. The van der Waals surface area contributed by atoms with Crippen LogP contribution in [0.25, 0.3) is 11.1 Å². The van der Waals surface area contributed by atoms with Crippen molar-refractivity contribution < 1.29 is 0 Å². The predicted molar refractivity (Wildman–Crippen MR) is 66.7 cm³/mol. The molecule has 0 saturated heterocycles. The summed E-state index contributed by atoms with van der Waals surface area (Å²) < 4.78 is 0. The largest absolute Gasteiger partial charge is 0.399 e. The SMILES string of the molecule is Nc1cccc(-c2ccccc2)c1.S. The topological polar surface area (TPSA) is 26.0 Å². The van der Waals surface area contributed by atoms with Gasteiger partial charge in [0.2, 0.25) is 0 Å². The molecule has 14 heavy (non-hydrogen) atoms. The Kier molecular flexibility index (Phi) is 3.60. The van der Waals surface area contributed by atoms with Gasteiger partial charge in [-0.1, -0.05) is 42.5 Å². The lowest BCUT2D eigenvalue weighted by molar-refractivity contribution is 1.61. The highest BCUT2D eigenvalue weighted by Crippen LogP contribution is 2.20. The molecule has 0 atom stereocenters. The van der Waals surface area contributed by atoms with Crippen LogP contribution in [-0.4, -0.2) is 0 Å². The Labute approximate surface area is 91.0 Å². The van der Waals surface area contributed by atoms with Crippen molar-refractivity contribution in [3.8, 4) is 11.1 Å². The number of anilines is 1. The molecule has 0 amide bonds. The second kappa shape index (κ2) is 4.72. The average molecular weight is 203 g/mol. The van der Waals surface area contributed by atoms with Gasteiger partial charge in [-0.3, -0.25) is 0 Å². The third-order valence-corrected chi connectivity index (χ3v) is 1.99. The van der Waals surface area contributed by atoms with Crippen LogP contribution >= 0.6 is 13.5 Å². The maximum atomic E-state index is 5.70. The van der Waals surface area contributed by atoms with E-state index in [4.69, 9.17) is 5.73 Å². The number of rotatable bonds is 1. The molecule has 2 aromatic carbocycles. The molecule has 2 N–H and O–H groups in total. The standard InChI is InChI=1S/C12H11N.H2S/c13-12-8-4-7-11(9-12)10-5-2-1-3-6-10;/h1-9H,13H2;1H2. The van der Waals surface area contributed by atoms with E-state index in [1.807, 2.05) is 36.4 Å². The fourth-order valence-corrected chi connectivity index (χ4v) is 1.35. The minimum atomic E-state index is 0. The number of benzene rings is 2. The van der Waals surface area contributed by atoms with Crippen molar-refractivity contribution >= 4 is 19.2 Å². The highest BCUT2D eigenvalue weighted by molar-refractivity contribution is 7.59. The highest BCUT2D eigenvalue weighted by atomic mass is 32.1. The second-order valence-electron chi connectivity index (χ2n) is 2.99. The van der Waals surface area contributed by atoms with Gasteiger partial charge < -0.3 is 5.73 Å². The third kappa shape index (κ3) is 2.30. The Morgan fingerprint density at radius 1 is 0.714 bits per heavy atom. The Hall–Kier alpha value is -1.41. The fourth-order valence-electron chi connectivity index (χ4n) is 1.35. The molecule has 0 fully saturated rings. The number of hydrogen-bond donors (Lipinski definition) is 1. The lowest BCUT2D eigenvalue weighted by Crippen LogP contribution is -1.84. The molecule has 0 aliphatic heterocycles. The minimum Gasteiger partial charge on any atom is -0.399 e. The molecular weight excluding hydrogens is 190 g/mol. The number of nitrogen functional groups attached to an aromatic ring is 1. The molecule has 72 valence electrons. The molecule has 1 nitrogen and oxygen atoms in total. The molecule has 0 aromatic heterocycles. The zero-order chi connectivity index (χ0) is 9.10. The molecule has 0 bridgehead atoms. The van der Waals surface area contributed by atoms with Gasteiger partial charge in [0.15, 0.2) is 0 Å². The Balaban J connectivity index is 0.000000980. The zero-order valence-electron chi connectivity index (χ0n) is 7.77. The summed E-state index contributed by atoms with van der Waals surface area (Å²) in [6, 6.07) is 18.1. The first-order valence-electron chi connectivity index (χ1n) is 4.27. The van der Waals surface area contributed by atoms with E-state index in [2.05, 4.69) is 18.2 Å². The molecule has 2 aromatic rings.